The van der Waals surface area contributed by atoms with Crippen LogP contribution in [-0.4, -0.2) is 24.5 Å². The van der Waals surface area contributed by atoms with Crippen molar-refractivity contribution in [1.82, 2.24) is 5.32 Å². The van der Waals surface area contributed by atoms with Gasteiger partial charge in [-0.1, -0.05) is 57.0 Å². The Morgan fingerprint density at radius 3 is 2.68 bits per heavy atom. The lowest BCUT2D eigenvalue weighted by atomic mass is 9.78. The average Bonchev–Trinajstić information content (AvgIpc) is 2.62. The van der Waals surface area contributed by atoms with E-state index < -0.39 is 5.97 Å². The van der Waals surface area contributed by atoms with Crippen LogP contribution in [0.4, 0.5) is 0 Å². The summed E-state index contributed by atoms with van der Waals surface area (Å²) >= 11 is 0. The van der Waals surface area contributed by atoms with E-state index in [0.717, 1.165) is 18.4 Å². The van der Waals surface area contributed by atoms with Gasteiger partial charge in [-0.15, -0.1) is 0 Å². The molecule has 0 spiro atoms. The van der Waals surface area contributed by atoms with Gasteiger partial charge in [0.15, 0.2) is 6.61 Å². The molecule has 5 nitrogen and oxygen atoms in total. The predicted molar refractivity (Wildman–Crippen MR) is 95.1 cm³/mol. The van der Waals surface area contributed by atoms with Crippen molar-refractivity contribution < 1.29 is 14.3 Å². The Morgan fingerprint density at radius 1 is 1.28 bits per heavy atom. The Morgan fingerprint density at radius 2 is 2.00 bits per heavy atom. The highest BCUT2D eigenvalue weighted by Crippen LogP contribution is 2.29. The minimum Gasteiger partial charge on any atom is -0.451 e. The van der Waals surface area contributed by atoms with E-state index in [4.69, 9.17) is 10.00 Å². The molecule has 25 heavy (non-hydrogen) atoms. The molecule has 0 bridgehead atoms. The van der Waals surface area contributed by atoms with Gasteiger partial charge in [-0.2, -0.15) is 5.26 Å². The van der Waals surface area contributed by atoms with E-state index in [1.807, 2.05) is 24.3 Å². The molecule has 1 aliphatic rings. The first-order chi connectivity index (χ1) is 12.0. The first-order valence-electron chi connectivity index (χ1n) is 8.64. The van der Waals surface area contributed by atoms with Crippen molar-refractivity contribution in [2.24, 2.45) is 11.8 Å². The first kappa shape index (κ1) is 18.7. The van der Waals surface area contributed by atoms with Crippen molar-refractivity contribution in [2.75, 3.05) is 6.61 Å². The maximum Gasteiger partial charge on any atom is 0.349 e. The van der Waals surface area contributed by atoms with Crippen LogP contribution in [-0.2, 0) is 14.3 Å². The lowest BCUT2D eigenvalue weighted by Gasteiger charge is -2.34. The number of hydrogen-bond donors (Lipinski definition) is 1. The zero-order valence-electron chi connectivity index (χ0n) is 14.7. The minimum absolute atomic E-state index is 0.116. The highest BCUT2D eigenvalue weighted by Gasteiger charge is 2.28. The zero-order valence-corrected chi connectivity index (χ0v) is 14.7. The van der Waals surface area contributed by atoms with Crippen LogP contribution in [0.15, 0.2) is 35.9 Å². The van der Waals surface area contributed by atoms with Crippen molar-refractivity contribution in [3.8, 4) is 6.07 Å². The monoisotopic (exact) mass is 340 g/mol. The summed E-state index contributed by atoms with van der Waals surface area (Å²) in [6, 6.07) is 11.0. The predicted octanol–water partition coefficient (Wildman–Crippen LogP) is 3.08. The molecule has 0 radical (unpaired) electrons. The molecular formula is C20H24N2O3. The summed E-state index contributed by atoms with van der Waals surface area (Å²) in [5.74, 6) is -0.135. The van der Waals surface area contributed by atoms with Crippen molar-refractivity contribution in [3.05, 3.63) is 41.5 Å². The molecule has 1 aliphatic carbocycles. The normalized spacial score (nSPS) is 23.4. The van der Waals surface area contributed by atoms with Crippen LogP contribution in [0.5, 0.6) is 0 Å². The van der Waals surface area contributed by atoms with Crippen molar-refractivity contribution in [1.29, 1.82) is 5.26 Å². The molecule has 1 amide bonds. The van der Waals surface area contributed by atoms with Gasteiger partial charge in [0.05, 0.1) is 0 Å². The fourth-order valence-electron chi connectivity index (χ4n) is 3.10. The molecule has 1 N–H and O–H groups in total. The summed E-state index contributed by atoms with van der Waals surface area (Å²) in [5, 5.41) is 12.1. The number of nitrogens with one attached hydrogen (secondary N) is 1. The number of esters is 1. The Bertz CT molecular complexity index is 676. The van der Waals surface area contributed by atoms with Gasteiger partial charge < -0.3 is 10.1 Å². The molecule has 1 fully saturated rings. The summed E-state index contributed by atoms with van der Waals surface area (Å²) < 4.78 is 4.99. The summed E-state index contributed by atoms with van der Waals surface area (Å²) in [6.07, 6.45) is 4.67. The van der Waals surface area contributed by atoms with E-state index in [1.165, 1.54) is 12.5 Å². The van der Waals surface area contributed by atoms with Crippen LogP contribution in [0, 0.1) is 23.2 Å². The number of carbonyl (C=O) groups is 2. The minimum atomic E-state index is -0.786. The topological polar surface area (TPSA) is 79.2 Å². The van der Waals surface area contributed by atoms with E-state index in [-0.39, 0.29) is 24.1 Å². The Labute approximate surface area is 148 Å². The first-order valence-corrected chi connectivity index (χ1v) is 8.64. The number of amides is 1. The second-order valence-corrected chi connectivity index (χ2v) is 6.60. The zero-order chi connectivity index (χ0) is 18.2. The van der Waals surface area contributed by atoms with Crippen LogP contribution in [0.25, 0.3) is 6.08 Å². The summed E-state index contributed by atoms with van der Waals surface area (Å²) in [4.78, 5) is 24.0. The third-order valence-electron chi connectivity index (χ3n) is 4.84. The molecule has 3 atom stereocenters. The largest absolute Gasteiger partial charge is 0.451 e. The molecule has 1 saturated carbocycles. The van der Waals surface area contributed by atoms with Gasteiger partial charge in [0.1, 0.15) is 11.6 Å². The number of benzene rings is 1. The van der Waals surface area contributed by atoms with Gasteiger partial charge in [0.25, 0.3) is 5.91 Å². The van der Waals surface area contributed by atoms with Gasteiger partial charge in [0, 0.05) is 6.04 Å². The van der Waals surface area contributed by atoms with Crippen LogP contribution >= 0.6 is 0 Å². The van der Waals surface area contributed by atoms with Gasteiger partial charge >= 0.3 is 5.97 Å². The lowest BCUT2D eigenvalue weighted by Crippen LogP contribution is -2.45. The lowest BCUT2D eigenvalue weighted by molar-refractivity contribution is -0.144. The summed E-state index contributed by atoms with van der Waals surface area (Å²) in [6.45, 7) is 3.96. The number of carbonyl (C=O) groups excluding carboxylic acids is 2. The summed E-state index contributed by atoms with van der Waals surface area (Å²) in [7, 11) is 0. The number of hydrogen-bond acceptors (Lipinski definition) is 4. The number of nitriles is 1. The summed E-state index contributed by atoms with van der Waals surface area (Å²) in [5.41, 5.74) is 0.601. The van der Waals surface area contributed by atoms with Crippen molar-refractivity contribution in [3.63, 3.8) is 0 Å². The quantitative estimate of drug-likeness (QED) is 0.507. The number of ether oxygens (including phenoxy) is 1. The van der Waals surface area contributed by atoms with Gasteiger partial charge in [-0.25, -0.2) is 4.79 Å². The van der Waals surface area contributed by atoms with E-state index in [2.05, 4.69) is 19.2 Å². The molecule has 0 aromatic heterocycles. The van der Waals surface area contributed by atoms with Crippen molar-refractivity contribution in [2.45, 2.75) is 39.2 Å². The second-order valence-electron chi connectivity index (χ2n) is 6.60. The van der Waals surface area contributed by atoms with Crippen molar-refractivity contribution >= 4 is 18.0 Å². The molecule has 3 unspecified atom stereocenters. The van der Waals surface area contributed by atoms with E-state index in [9.17, 15) is 9.59 Å². The highest BCUT2D eigenvalue weighted by atomic mass is 16.5. The Kier molecular flexibility index (Phi) is 6.76. The van der Waals surface area contributed by atoms with Crippen LogP contribution < -0.4 is 5.32 Å². The third-order valence-corrected chi connectivity index (χ3v) is 4.84. The number of rotatable bonds is 5. The Hall–Kier alpha value is -2.61. The number of nitrogens with zero attached hydrogens (tertiary/aromatic N) is 1. The van der Waals surface area contributed by atoms with Crippen LogP contribution in [0.2, 0.25) is 0 Å². The van der Waals surface area contributed by atoms with E-state index in [0.29, 0.717) is 11.8 Å². The molecule has 2 rings (SSSR count). The molecule has 0 heterocycles. The maximum absolute atomic E-state index is 12.0. The van der Waals surface area contributed by atoms with E-state index >= 15 is 0 Å². The highest BCUT2D eigenvalue weighted by molar-refractivity contribution is 5.98. The molecule has 1 aromatic carbocycles. The fraction of sp³-hybridized carbons (Fsp3) is 0.450. The molecule has 5 heteroatoms. The van der Waals surface area contributed by atoms with Gasteiger partial charge in [-0.05, 0) is 29.9 Å². The van der Waals surface area contributed by atoms with E-state index in [1.54, 1.807) is 12.1 Å². The molecule has 1 aromatic rings. The average molecular weight is 340 g/mol. The molecule has 0 saturated heterocycles. The fourth-order valence-corrected chi connectivity index (χ4v) is 3.10. The van der Waals surface area contributed by atoms with Gasteiger partial charge in [0.2, 0.25) is 0 Å². The third kappa shape index (κ3) is 5.46. The molecule has 0 aliphatic heterocycles. The maximum atomic E-state index is 12.0. The molecular weight excluding hydrogens is 316 g/mol. The standard InChI is InChI=1S/C20H24N2O3/c1-14-7-6-10-18(15(14)2)22-19(23)13-25-20(24)17(12-21)11-16-8-4-3-5-9-16/h3-5,8-9,11,14-15,18H,6-7,10,13H2,1-2H3,(H,22,23)/b17-11+. The smallest absolute Gasteiger partial charge is 0.349 e. The SMILES string of the molecule is CC1CCCC(NC(=O)COC(=O)/C(C#N)=C/c2ccccc2)C1C. The van der Waals surface area contributed by atoms with Crippen LogP contribution in [0.1, 0.15) is 38.7 Å². The molecule has 132 valence electrons. The second kappa shape index (κ2) is 9.03. The Balaban J connectivity index is 1.87. The van der Waals surface area contributed by atoms with Crippen LogP contribution in [0.3, 0.4) is 0 Å². The van der Waals surface area contributed by atoms with Gasteiger partial charge in [-0.3, -0.25) is 4.79 Å².